The zero-order chi connectivity index (χ0) is 22.9. The van der Waals surface area contributed by atoms with Crippen LogP contribution in [0.4, 0.5) is 0 Å². The van der Waals surface area contributed by atoms with Gasteiger partial charge in [-0.25, -0.2) is 0 Å². The van der Waals surface area contributed by atoms with Crippen LogP contribution in [0.25, 0.3) is 0 Å². The van der Waals surface area contributed by atoms with E-state index in [9.17, 15) is 19.8 Å². The average molecular weight is 456 g/mol. The first-order valence-corrected chi connectivity index (χ1v) is 11.3. The molecule has 8 heteroatoms. The fourth-order valence-electron chi connectivity index (χ4n) is 3.80. The van der Waals surface area contributed by atoms with Gasteiger partial charge in [0, 0.05) is 6.42 Å². The Hall–Kier alpha value is -3.26. The summed E-state index contributed by atoms with van der Waals surface area (Å²) >= 11 is 0.985. The first-order chi connectivity index (χ1) is 15.3. The lowest BCUT2D eigenvalue weighted by molar-refractivity contribution is 0.0188. The number of aromatic nitrogens is 1. The number of ether oxygens (including phenoxy) is 2. The molecule has 1 aromatic heterocycles. The Morgan fingerprint density at radius 2 is 1.94 bits per heavy atom. The van der Waals surface area contributed by atoms with Gasteiger partial charge in [-0.2, -0.15) is 0 Å². The van der Waals surface area contributed by atoms with Crippen LogP contribution in [-0.4, -0.2) is 33.2 Å². The molecule has 7 nitrogen and oxygen atoms in total. The van der Waals surface area contributed by atoms with Crippen LogP contribution in [0.2, 0.25) is 0 Å². The first-order valence-electron chi connectivity index (χ1n) is 10.5. The number of aromatic hydroxyl groups is 2. The number of benzene rings is 2. The summed E-state index contributed by atoms with van der Waals surface area (Å²) in [6, 6.07) is 10.6. The van der Waals surface area contributed by atoms with E-state index in [1.165, 1.54) is 6.07 Å². The van der Waals surface area contributed by atoms with Crippen LogP contribution >= 0.6 is 11.3 Å². The highest BCUT2D eigenvalue weighted by atomic mass is 32.1. The monoisotopic (exact) mass is 455 g/mol. The summed E-state index contributed by atoms with van der Waals surface area (Å²) in [5.74, 6) is 1.05. The van der Waals surface area contributed by atoms with Crippen LogP contribution in [0.1, 0.15) is 53.1 Å². The molecule has 1 unspecified atom stereocenters. The van der Waals surface area contributed by atoms with E-state index >= 15 is 0 Å². The lowest BCUT2D eigenvalue weighted by Gasteiger charge is -2.35. The summed E-state index contributed by atoms with van der Waals surface area (Å²) < 4.78 is 12.1. The van der Waals surface area contributed by atoms with Gasteiger partial charge in [0.15, 0.2) is 5.78 Å². The summed E-state index contributed by atoms with van der Waals surface area (Å²) in [6.07, 6.45) is 2.16. The molecule has 0 bridgehead atoms. The number of rotatable bonds is 7. The number of aryl methyl sites for hydroxylation is 1. The maximum Gasteiger partial charge on any atom is 0.307 e. The summed E-state index contributed by atoms with van der Waals surface area (Å²) in [4.78, 5) is 26.7. The maximum atomic E-state index is 12.7. The normalized spacial score (nSPS) is 17.6. The average Bonchev–Trinajstić information content (AvgIpc) is 3.06. The molecule has 1 aliphatic heterocycles. The summed E-state index contributed by atoms with van der Waals surface area (Å²) in [7, 11) is 0. The van der Waals surface area contributed by atoms with Crippen LogP contribution in [-0.2, 0) is 12.8 Å². The molecule has 0 amide bonds. The van der Waals surface area contributed by atoms with Gasteiger partial charge < -0.3 is 19.7 Å². The third-order valence-electron chi connectivity index (χ3n) is 5.42. The molecular formula is C24H25NO6S. The molecule has 32 heavy (non-hydrogen) atoms. The molecular weight excluding hydrogens is 430 g/mol. The number of nitrogens with one attached hydrogen (secondary N) is 1. The van der Waals surface area contributed by atoms with Crippen molar-refractivity contribution in [3.8, 4) is 23.1 Å². The molecule has 3 N–H and O–H groups in total. The fraction of sp³-hybridized carbons (Fsp3) is 0.333. The van der Waals surface area contributed by atoms with Crippen molar-refractivity contribution in [2.45, 2.75) is 45.1 Å². The van der Waals surface area contributed by atoms with Gasteiger partial charge in [-0.15, -0.1) is 0 Å². The van der Waals surface area contributed by atoms with Crippen LogP contribution in [0, 0.1) is 0 Å². The Morgan fingerprint density at radius 1 is 1.19 bits per heavy atom. The number of H-pyrrole nitrogens is 1. The third kappa shape index (κ3) is 4.65. The molecule has 4 rings (SSSR count). The van der Waals surface area contributed by atoms with Crippen LogP contribution in [0.3, 0.4) is 0 Å². The van der Waals surface area contributed by atoms with Crippen molar-refractivity contribution < 1.29 is 24.5 Å². The SMILES string of the molecule is CCCc1cc2c(cc1O)C(=O)CC(C)(COc1ccc(Cc3sc(=O)[nH]c3O)cc1)O2. The highest BCUT2D eigenvalue weighted by molar-refractivity contribution is 7.09. The molecule has 1 aliphatic rings. The minimum atomic E-state index is -0.827. The Morgan fingerprint density at radius 3 is 2.59 bits per heavy atom. The molecule has 2 aromatic carbocycles. The largest absolute Gasteiger partial charge is 0.508 e. The van der Waals surface area contributed by atoms with Crippen LogP contribution < -0.4 is 14.3 Å². The first kappa shape index (κ1) is 22.0. The lowest BCUT2D eigenvalue weighted by Crippen LogP contribution is -2.44. The van der Waals surface area contributed by atoms with Crippen molar-refractivity contribution in [1.29, 1.82) is 0 Å². The molecule has 0 aliphatic carbocycles. The van der Waals surface area contributed by atoms with E-state index in [4.69, 9.17) is 9.47 Å². The molecule has 0 spiro atoms. The van der Waals surface area contributed by atoms with E-state index < -0.39 is 5.60 Å². The number of Topliss-reactive ketones (excluding diaryl/α,β-unsaturated/α-hetero) is 1. The fourth-order valence-corrected chi connectivity index (χ4v) is 4.55. The predicted molar refractivity (Wildman–Crippen MR) is 121 cm³/mol. The standard InChI is InChI=1S/C24H25NO6S/c1-3-4-15-10-20-17(11-18(15)26)19(27)12-24(2,31-20)13-30-16-7-5-14(6-8-16)9-21-22(28)25-23(29)32-21/h5-8,10-11,26,28H,3-4,9,12-13H2,1-2H3,(H,25,29). The van der Waals surface area contributed by atoms with Gasteiger partial charge in [-0.05, 0) is 48.7 Å². The Balaban J connectivity index is 1.43. The van der Waals surface area contributed by atoms with Crippen molar-refractivity contribution in [2.24, 2.45) is 0 Å². The van der Waals surface area contributed by atoms with E-state index in [0.29, 0.717) is 34.8 Å². The number of hydrogen-bond donors (Lipinski definition) is 3. The van der Waals surface area contributed by atoms with E-state index in [1.807, 2.05) is 26.0 Å². The molecule has 0 saturated carbocycles. The molecule has 2 heterocycles. The quantitative estimate of drug-likeness (QED) is 0.493. The second kappa shape index (κ2) is 8.70. The van der Waals surface area contributed by atoms with Crippen molar-refractivity contribution >= 4 is 17.1 Å². The zero-order valence-corrected chi connectivity index (χ0v) is 18.8. The second-order valence-corrected chi connectivity index (χ2v) is 9.34. The molecule has 0 fully saturated rings. The van der Waals surface area contributed by atoms with Crippen LogP contribution in [0.5, 0.6) is 23.1 Å². The molecule has 3 aromatic rings. The molecule has 0 radical (unpaired) electrons. The van der Waals surface area contributed by atoms with Gasteiger partial charge in [0.05, 0.1) is 16.9 Å². The number of fused-ring (bicyclic) bond motifs is 1. The summed E-state index contributed by atoms with van der Waals surface area (Å²) in [6.45, 7) is 4.05. The van der Waals surface area contributed by atoms with Crippen molar-refractivity contribution in [3.05, 3.63) is 67.6 Å². The van der Waals surface area contributed by atoms with Crippen molar-refractivity contribution in [2.75, 3.05) is 6.61 Å². The second-order valence-electron chi connectivity index (χ2n) is 8.27. The minimum Gasteiger partial charge on any atom is -0.508 e. The number of aromatic amines is 1. The van der Waals surface area contributed by atoms with E-state index in [2.05, 4.69) is 4.98 Å². The predicted octanol–water partition coefficient (Wildman–Crippen LogP) is 4.19. The molecule has 168 valence electrons. The Kier molecular flexibility index (Phi) is 5.97. The summed E-state index contributed by atoms with van der Waals surface area (Å²) in [5, 5.41) is 19.9. The highest BCUT2D eigenvalue weighted by Gasteiger charge is 2.38. The van der Waals surface area contributed by atoms with Gasteiger partial charge in [-0.1, -0.05) is 36.8 Å². The van der Waals surface area contributed by atoms with E-state index in [-0.39, 0.29) is 35.3 Å². The van der Waals surface area contributed by atoms with Gasteiger partial charge in [0.2, 0.25) is 5.88 Å². The Bertz CT molecular complexity index is 1200. The number of phenolic OH excluding ortho intramolecular Hbond substituents is 1. The number of carbonyl (C=O) groups excluding carboxylic acids is 1. The number of thiazole rings is 1. The molecule has 1 atom stereocenters. The number of phenols is 1. The van der Waals surface area contributed by atoms with Gasteiger partial charge in [-0.3, -0.25) is 14.6 Å². The van der Waals surface area contributed by atoms with Gasteiger partial charge >= 0.3 is 4.87 Å². The highest BCUT2D eigenvalue weighted by Crippen LogP contribution is 2.38. The topological polar surface area (TPSA) is 109 Å². The Labute approximate surface area is 189 Å². The maximum absolute atomic E-state index is 12.7. The van der Waals surface area contributed by atoms with E-state index in [0.717, 1.165) is 28.9 Å². The van der Waals surface area contributed by atoms with Gasteiger partial charge in [0.1, 0.15) is 29.5 Å². The minimum absolute atomic E-state index is 0.0867. The molecule has 0 saturated heterocycles. The summed E-state index contributed by atoms with van der Waals surface area (Å²) in [5.41, 5.74) is 1.26. The van der Waals surface area contributed by atoms with Gasteiger partial charge in [0.25, 0.3) is 0 Å². The van der Waals surface area contributed by atoms with Crippen LogP contribution in [0.15, 0.2) is 41.2 Å². The lowest BCUT2D eigenvalue weighted by atomic mass is 9.90. The third-order valence-corrected chi connectivity index (χ3v) is 6.30. The van der Waals surface area contributed by atoms with Crippen molar-refractivity contribution in [3.63, 3.8) is 0 Å². The van der Waals surface area contributed by atoms with Crippen molar-refractivity contribution in [1.82, 2.24) is 4.98 Å². The number of ketones is 1. The van der Waals surface area contributed by atoms with E-state index in [1.54, 1.807) is 18.2 Å². The number of carbonyl (C=O) groups is 1. The number of hydrogen-bond acceptors (Lipinski definition) is 7. The smallest absolute Gasteiger partial charge is 0.307 e. The zero-order valence-electron chi connectivity index (χ0n) is 17.9.